The largest absolute Gasteiger partial charge is 0.455 e. The summed E-state index contributed by atoms with van der Waals surface area (Å²) < 4.78 is 35.1. The minimum Gasteiger partial charge on any atom is -0.455 e. The van der Waals surface area contributed by atoms with Gasteiger partial charge in [-0.25, -0.2) is 4.39 Å². The van der Waals surface area contributed by atoms with Crippen molar-refractivity contribution in [2.24, 2.45) is 0 Å². The molecule has 0 N–H and O–H groups in total. The van der Waals surface area contributed by atoms with Crippen molar-refractivity contribution in [3.63, 3.8) is 0 Å². The van der Waals surface area contributed by atoms with Gasteiger partial charge >= 0.3 is 0 Å². The molecule has 0 radical (unpaired) electrons. The summed E-state index contributed by atoms with van der Waals surface area (Å²) in [4.78, 5) is 0. The Balaban J connectivity index is 0.000000105. The molecule has 21 aromatic carbocycles. The molecule has 7 aromatic heterocycles. The Bertz CT molecular complexity index is 9500. The SMILES string of the molecule is Fc1cccc(-n2c3ccccc3c3cc(-c4ccc5c(c4)c4ccccc4n5-c4ccccc4)ccc32)c1.c1ccc(-c2cccc(-n3c4ccccc4c4cc(-c5ccc6c(c5)c5cc(-c7ccccc7)ccc5n6-c5ccccc5)ccc43)c2)cc1.c1ccc2cc(-n3c4ccc(-c5ccc6sc7ccccc7c6c5)cc4c4c5oc6ccccc6c5ccc43)ccc2c1. The monoisotopic (exact) mass is 1700 g/mol. The van der Waals surface area contributed by atoms with Gasteiger partial charge in [0.25, 0.3) is 0 Å². The van der Waals surface area contributed by atoms with Gasteiger partial charge in [0.05, 0.1) is 60.6 Å². The maximum atomic E-state index is 14.2. The van der Waals surface area contributed by atoms with Gasteiger partial charge in [0, 0.05) is 108 Å². The minimum atomic E-state index is -0.238. The van der Waals surface area contributed by atoms with Crippen molar-refractivity contribution in [1.29, 1.82) is 0 Å². The highest BCUT2D eigenvalue weighted by molar-refractivity contribution is 7.25. The molecule has 132 heavy (non-hydrogen) atoms. The van der Waals surface area contributed by atoms with Crippen LogP contribution < -0.4 is 0 Å². The first-order valence-corrected chi connectivity index (χ1v) is 45.7. The average molecular weight is 1710 g/mol. The molecule has 0 saturated carbocycles. The average Bonchev–Trinajstić information content (AvgIpc) is 1.55. The first-order chi connectivity index (χ1) is 65.4. The molecular formula is C124H78FN5OS. The quantitative estimate of drug-likeness (QED) is 0.134. The van der Waals surface area contributed by atoms with Crippen molar-refractivity contribution in [2.45, 2.75) is 0 Å². The van der Waals surface area contributed by atoms with Crippen LogP contribution in [-0.4, -0.2) is 22.8 Å². The van der Waals surface area contributed by atoms with Crippen molar-refractivity contribution in [1.82, 2.24) is 22.8 Å². The van der Waals surface area contributed by atoms with Crippen LogP contribution >= 0.6 is 11.3 Å². The molecule has 0 aliphatic heterocycles. The summed E-state index contributed by atoms with van der Waals surface area (Å²) >= 11 is 1.86. The first-order valence-electron chi connectivity index (χ1n) is 44.9. The van der Waals surface area contributed by atoms with Gasteiger partial charge in [-0.2, -0.15) is 0 Å². The van der Waals surface area contributed by atoms with E-state index in [9.17, 15) is 4.39 Å². The van der Waals surface area contributed by atoms with Gasteiger partial charge in [-0.15, -0.1) is 11.3 Å². The molecule has 0 bridgehead atoms. The highest BCUT2D eigenvalue weighted by Gasteiger charge is 2.24. The van der Waals surface area contributed by atoms with E-state index < -0.39 is 0 Å². The predicted molar refractivity (Wildman–Crippen MR) is 556 cm³/mol. The summed E-state index contributed by atoms with van der Waals surface area (Å²) in [6.45, 7) is 0. The van der Waals surface area contributed by atoms with E-state index in [-0.39, 0.29) is 5.82 Å². The van der Waals surface area contributed by atoms with E-state index in [2.05, 4.69) is 460 Å². The fourth-order valence-corrected chi connectivity index (χ4v) is 21.9. The fourth-order valence-electron chi connectivity index (χ4n) is 20.8. The molecule has 0 amide bonds. The molecule has 6 nitrogen and oxygen atoms in total. The number of rotatable bonds is 10. The summed E-state index contributed by atoms with van der Waals surface area (Å²) in [5.41, 5.74) is 31.0. The Morgan fingerprint density at radius 2 is 0.508 bits per heavy atom. The second-order valence-corrected chi connectivity index (χ2v) is 35.4. The van der Waals surface area contributed by atoms with E-state index in [1.54, 1.807) is 12.1 Å². The van der Waals surface area contributed by atoms with Crippen LogP contribution in [0.2, 0.25) is 0 Å². The van der Waals surface area contributed by atoms with Gasteiger partial charge in [-0.3, -0.25) is 0 Å². The van der Waals surface area contributed by atoms with Crippen LogP contribution in [0.1, 0.15) is 0 Å². The number of nitrogens with zero attached hydrogens (tertiary/aromatic N) is 5. The van der Waals surface area contributed by atoms with Crippen LogP contribution in [-0.2, 0) is 0 Å². The lowest BCUT2D eigenvalue weighted by Gasteiger charge is -2.11. The van der Waals surface area contributed by atoms with Gasteiger partial charge in [-0.1, -0.05) is 279 Å². The van der Waals surface area contributed by atoms with E-state index >= 15 is 0 Å². The lowest BCUT2D eigenvalue weighted by molar-refractivity contribution is 0.627. The van der Waals surface area contributed by atoms with Gasteiger partial charge in [0.2, 0.25) is 0 Å². The molecule has 7 heterocycles. The Morgan fingerprint density at radius 1 is 0.174 bits per heavy atom. The predicted octanol–water partition coefficient (Wildman–Crippen LogP) is 34.4. The molecule has 28 aromatic rings. The zero-order valence-electron chi connectivity index (χ0n) is 71.5. The van der Waals surface area contributed by atoms with Crippen LogP contribution in [0, 0.1) is 5.82 Å². The maximum Gasteiger partial charge on any atom is 0.145 e. The number of hydrogen-bond donors (Lipinski definition) is 0. The molecule has 0 aliphatic rings. The van der Waals surface area contributed by atoms with E-state index in [0.717, 1.165) is 83.0 Å². The molecule has 8 heteroatoms. The Kier molecular flexibility index (Phi) is 17.9. The number of benzene rings is 21. The summed E-state index contributed by atoms with van der Waals surface area (Å²) in [5.74, 6) is -0.238. The van der Waals surface area contributed by atoms with Crippen LogP contribution in [0.15, 0.2) is 478 Å². The van der Waals surface area contributed by atoms with E-state index in [0.29, 0.717) is 0 Å². The number of fused-ring (bicyclic) bond motifs is 23. The number of para-hydroxylation sites is 6. The van der Waals surface area contributed by atoms with E-state index in [1.807, 2.05) is 29.5 Å². The second kappa shape index (κ2) is 31.1. The van der Waals surface area contributed by atoms with Crippen molar-refractivity contribution < 1.29 is 8.81 Å². The smallest absolute Gasteiger partial charge is 0.145 e. The lowest BCUT2D eigenvalue weighted by atomic mass is 9.99. The summed E-state index contributed by atoms with van der Waals surface area (Å²) in [7, 11) is 0. The van der Waals surface area contributed by atoms with Crippen LogP contribution in [0.4, 0.5) is 4.39 Å². The molecule has 0 unspecified atom stereocenters. The van der Waals surface area contributed by atoms with Gasteiger partial charge in [0.15, 0.2) is 0 Å². The Labute approximate surface area is 762 Å². The fraction of sp³-hybridized carbons (Fsp3) is 0. The van der Waals surface area contributed by atoms with Crippen molar-refractivity contribution in [3.05, 3.63) is 479 Å². The molecule has 0 fully saturated rings. The highest BCUT2D eigenvalue weighted by Crippen LogP contribution is 2.47. The molecule has 0 spiro atoms. The topological polar surface area (TPSA) is 37.8 Å². The minimum absolute atomic E-state index is 0.238. The van der Waals surface area contributed by atoms with Crippen LogP contribution in [0.25, 0.3) is 246 Å². The van der Waals surface area contributed by atoms with Gasteiger partial charge in [0.1, 0.15) is 17.0 Å². The van der Waals surface area contributed by atoms with Crippen molar-refractivity contribution >= 4 is 173 Å². The van der Waals surface area contributed by atoms with E-state index in [1.165, 1.54) is 169 Å². The van der Waals surface area contributed by atoms with Crippen molar-refractivity contribution in [3.8, 4) is 84.1 Å². The third-order valence-corrected chi connectivity index (χ3v) is 28.0. The third-order valence-electron chi connectivity index (χ3n) is 26.8. The number of hydrogen-bond acceptors (Lipinski definition) is 2. The van der Waals surface area contributed by atoms with Crippen LogP contribution in [0.3, 0.4) is 0 Å². The number of thiophene rings is 1. The Morgan fingerprint density at radius 3 is 1.03 bits per heavy atom. The molecule has 0 atom stereocenters. The third kappa shape index (κ3) is 12.7. The normalized spacial score (nSPS) is 11.8. The maximum absolute atomic E-state index is 14.2. The summed E-state index contributed by atoms with van der Waals surface area (Å²) in [6.07, 6.45) is 0. The molecular weight excluding hydrogens is 1630 g/mol. The molecule has 28 rings (SSSR count). The number of aromatic nitrogens is 5. The summed E-state index contributed by atoms with van der Waals surface area (Å²) in [6, 6.07) is 169. The number of furan rings is 1. The van der Waals surface area contributed by atoms with Crippen molar-refractivity contribution in [2.75, 3.05) is 0 Å². The van der Waals surface area contributed by atoms with Crippen LogP contribution in [0.5, 0.6) is 0 Å². The molecule has 0 saturated heterocycles. The standard InChI is InChI=1S/C48H32N2.C40H23NOS.C36H23FN2/c1-4-13-33(14-5-1)35-17-12-20-40(29-35)50-45-22-11-10-21-41(45)42-31-37(24-27-46(42)50)38-25-28-48-44(32-38)43-30-36(34-15-6-2-7-16-34)23-26-47(43)49(48)39-18-8-3-9-19-39;1-2-8-25-21-28(16-13-24(25)7-1)41-34-18-14-26(27-15-20-38-32(22-27)30-10-4-6-12-37(30)43-38)23-33(34)39-35(41)19-17-31-29-9-3-5-11-36(29)42-40(31)39;37-26-9-8-12-28(23-26)39-34-16-7-5-14-30(34)32-22-25(18-20-36(32)39)24-17-19-35-31(21-24)29-13-4-6-15-33(29)38(35)27-10-2-1-3-11-27/h1-32H;1-23H;1-23H. The van der Waals surface area contributed by atoms with Gasteiger partial charge in [-0.05, 0) is 261 Å². The Hall–Kier alpha value is -17.2. The zero-order valence-corrected chi connectivity index (χ0v) is 72.3. The number of halogens is 1. The van der Waals surface area contributed by atoms with Gasteiger partial charge < -0.3 is 27.3 Å². The highest BCUT2D eigenvalue weighted by atomic mass is 32.1. The van der Waals surface area contributed by atoms with E-state index in [4.69, 9.17) is 4.42 Å². The molecule has 618 valence electrons. The lowest BCUT2D eigenvalue weighted by Crippen LogP contribution is -1.94. The zero-order chi connectivity index (χ0) is 87.0. The summed E-state index contributed by atoms with van der Waals surface area (Å²) in [5, 5.41) is 19.5. The first kappa shape index (κ1) is 76.1. The second-order valence-electron chi connectivity index (χ2n) is 34.3. The molecule has 0 aliphatic carbocycles.